The summed E-state index contributed by atoms with van der Waals surface area (Å²) < 4.78 is 21.7. The fourth-order valence-corrected chi connectivity index (χ4v) is 3.60. The third-order valence-electron chi connectivity index (χ3n) is 5.26. The molecule has 4 unspecified atom stereocenters. The van der Waals surface area contributed by atoms with E-state index in [4.69, 9.17) is 18.9 Å². The molecule has 5 rings (SSSR count). The number of rotatable bonds is 12. The number of hydrogen-bond donors (Lipinski definition) is 0. The molecule has 1 aromatic rings. The smallest absolute Gasteiger partial charge is 0.0936 e. The first kappa shape index (κ1) is 17.1. The summed E-state index contributed by atoms with van der Waals surface area (Å²) in [7, 11) is 0. The highest BCUT2D eigenvalue weighted by atomic mass is 16.6. The summed E-state index contributed by atoms with van der Waals surface area (Å²) in [5.74, 6) is 0. The monoisotopic (exact) mass is 360 g/mol. The SMILES string of the molecule is c1cc(CN(CC2CO2)CC2CO2)cc(CN(CC2CO2)CC2CO2)c1. The van der Waals surface area contributed by atoms with Gasteiger partial charge in [-0.05, 0) is 11.1 Å². The normalized spacial score (nSPS) is 31.5. The largest absolute Gasteiger partial charge is 0.372 e. The van der Waals surface area contributed by atoms with E-state index < -0.39 is 0 Å². The van der Waals surface area contributed by atoms with Gasteiger partial charge in [0, 0.05) is 39.3 Å². The van der Waals surface area contributed by atoms with E-state index in [2.05, 4.69) is 34.1 Å². The first-order valence-corrected chi connectivity index (χ1v) is 9.79. The average Bonchev–Trinajstić information content (AvgIpc) is 3.40. The van der Waals surface area contributed by atoms with Gasteiger partial charge >= 0.3 is 0 Å². The molecule has 4 saturated heterocycles. The molecule has 0 spiro atoms. The Labute approximate surface area is 154 Å². The highest BCUT2D eigenvalue weighted by Crippen LogP contribution is 2.21. The topological polar surface area (TPSA) is 56.6 Å². The maximum Gasteiger partial charge on any atom is 0.0936 e. The fourth-order valence-electron chi connectivity index (χ4n) is 3.60. The summed E-state index contributed by atoms with van der Waals surface area (Å²) in [4.78, 5) is 4.95. The molecule has 142 valence electrons. The molecule has 0 saturated carbocycles. The van der Waals surface area contributed by atoms with Crippen LogP contribution in [0.5, 0.6) is 0 Å². The Kier molecular flexibility index (Phi) is 4.96. The van der Waals surface area contributed by atoms with Crippen molar-refractivity contribution in [3.8, 4) is 0 Å². The Hall–Kier alpha value is -1.02. The lowest BCUT2D eigenvalue weighted by molar-refractivity contribution is 0.210. The predicted octanol–water partition coefficient (Wildman–Crippen LogP) is 0.886. The van der Waals surface area contributed by atoms with Gasteiger partial charge in [0.2, 0.25) is 0 Å². The molecule has 4 aliphatic rings. The molecule has 6 heteroatoms. The third-order valence-corrected chi connectivity index (χ3v) is 5.26. The van der Waals surface area contributed by atoms with Crippen LogP contribution >= 0.6 is 0 Å². The van der Waals surface area contributed by atoms with Crippen molar-refractivity contribution in [2.75, 3.05) is 52.6 Å². The molecular weight excluding hydrogens is 332 g/mol. The van der Waals surface area contributed by atoms with Crippen LogP contribution in [0.4, 0.5) is 0 Å². The lowest BCUT2D eigenvalue weighted by atomic mass is 10.1. The second-order valence-corrected chi connectivity index (χ2v) is 8.03. The molecule has 0 N–H and O–H groups in total. The maximum atomic E-state index is 5.43. The number of ether oxygens (including phenoxy) is 4. The van der Waals surface area contributed by atoms with Crippen molar-refractivity contribution in [1.82, 2.24) is 9.80 Å². The van der Waals surface area contributed by atoms with Crippen molar-refractivity contribution in [1.29, 1.82) is 0 Å². The second-order valence-electron chi connectivity index (χ2n) is 8.03. The molecule has 0 amide bonds. The lowest BCUT2D eigenvalue weighted by Gasteiger charge is -2.23. The van der Waals surface area contributed by atoms with E-state index in [1.807, 2.05) is 0 Å². The van der Waals surface area contributed by atoms with Crippen molar-refractivity contribution in [2.24, 2.45) is 0 Å². The summed E-state index contributed by atoms with van der Waals surface area (Å²) in [5, 5.41) is 0. The Balaban J connectivity index is 1.20. The zero-order valence-electron chi connectivity index (χ0n) is 15.2. The van der Waals surface area contributed by atoms with Gasteiger partial charge in [-0.2, -0.15) is 0 Å². The van der Waals surface area contributed by atoms with E-state index in [-0.39, 0.29) is 0 Å². The fraction of sp³-hybridized carbons (Fsp3) is 0.700. The van der Waals surface area contributed by atoms with Gasteiger partial charge in [-0.15, -0.1) is 0 Å². The summed E-state index contributed by atoms with van der Waals surface area (Å²) in [6, 6.07) is 9.00. The summed E-state index contributed by atoms with van der Waals surface area (Å²) in [5.41, 5.74) is 2.74. The molecule has 26 heavy (non-hydrogen) atoms. The van der Waals surface area contributed by atoms with Crippen LogP contribution in [-0.2, 0) is 32.0 Å². The first-order chi connectivity index (χ1) is 12.8. The van der Waals surface area contributed by atoms with Gasteiger partial charge in [-0.1, -0.05) is 24.3 Å². The molecule has 1 aromatic carbocycles. The van der Waals surface area contributed by atoms with E-state index in [9.17, 15) is 0 Å². The standard InChI is InChI=1S/C20H28N2O4/c1-2-15(5-21(7-17-11-23-17)8-18-12-24-18)4-16(3-1)6-22(9-19-13-25-19)10-20-14-26-20/h1-4,17-20H,5-14H2. The van der Waals surface area contributed by atoms with Crippen molar-refractivity contribution in [2.45, 2.75) is 37.5 Å². The Morgan fingerprint density at radius 3 is 1.31 bits per heavy atom. The van der Waals surface area contributed by atoms with Crippen molar-refractivity contribution in [3.05, 3.63) is 35.4 Å². The zero-order valence-corrected chi connectivity index (χ0v) is 15.2. The minimum absolute atomic E-state index is 0.421. The number of nitrogens with zero attached hydrogens (tertiary/aromatic N) is 2. The average molecular weight is 360 g/mol. The van der Waals surface area contributed by atoms with Gasteiger partial charge in [0.1, 0.15) is 0 Å². The summed E-state index contributed by atoms with van der Waals surface area (Å²) in [6.07, 6.45) is 1.68. The van der Waals surface area contributed by atoms with Crippen LogP contribution in [0.15, 0.2) is 24.3 Å². The van der Waals surface area contributed by atoms with Crippen LogP contribution in [0.25, 0.3) is 0 Å². The minimum atomic E-state index is 0.421. The molecule has 6 nitrogen and oxygen atoms in total. The van der Waals surface area contributed by atoms with Crippen LogP contribution in [0.2, 0.25) is 0 Å². The van der Waals surface area contributed by atoms with Gasteiger partial charge in [0.15, 0.2) is 0 Å². The molecule has 0 aliphatic carbocycles. The second kappa shape index (κ2) is 7.54. The number of hydrogen-bond acceptors (Lipinski definition) is 6. The van der Waals surface area contributed by atoms with E-state index >= 15 is 0 Å². The van der Waals surface area contributed by atoms with Crippen LogP contribution in [-0.4, -0.2) is 86.8 Å². The number of epoxide rings is 4. The highest BCUT2D eigenvalue weighted by Gasteiger charge is 2.32. The Morgan fingerprint density at radius 1 is 0.654 bits per heavy atom. The number of benzene rings is 1. The summed E-state index contributed by atoms with van der Waals surface area (Å²) in [6.45, 7) is 9.58. The highest BCUT2D eigenvalue weighted by molar-refractivity contribution is 5.23. The molecule has 0 radical (unpaired) electrons. The molecule has 0 bridgehead atoms. The molecule has 4 atom stereocenters. The third kappa shape index (κ3) is 5.49. The van der Waals surface area contributed by atoms with Crippen LogP contribution in [0, 0.1) is 0 Å². The van der Waals surface area contributed by atoms with Crippen LogP contribution < -0.4 is 0 Å². The van der Waals surface area contributed by atoms with E-state index in [0.717, 1.165) is 65.7 Å². The van der Waals surface area contributed by atoms with Crippen molar-refractivity contribution < 1.29 is 18.9 Å². The van der Waals surface area contributed by atoms with Gasteiger partial charge in [0.05, 0.1) is 50.8 Å². The predicted molar refractivity (Wildman–Crippen MR) is 96.0 cm³/mol. The van der Waals surface area contributed by atoms with E-state index in [0.29, 0.717) is 24.4 Å². The molecule has 4 fully saturated rings. The molecule has 4 heterocycles. The quantitative estimate of drug-likeness (QED) is 0.516. The van der Waals surface area contributed by atoms with Crippen molar-refractivity contribution in [3.63, 3.8) is 0 Å². The van der Waals surface area contributed by atoms with Gasteiger partial charge in [-0.25, -0.2) is 0 Å². The lowest BCUT2D eigenvalue weighted by Crippen LogP contribution is -2.32. The minimum Gasteiger partial charge on any atom is -0.372 e. The van der Waals surface area contributed by atoms with Gasteiger partial charge < -0.3 is 18.9 Å². The Bertz CT molecular complexity index is 534. The maximum absolute atomic E-state index is 5.43. The van der Waals surface area contributed by atoms with E-state index in [1.165, 1.54) is 11.1 Å². The van der Waals surface area contributed by atoms with Gasteiger partial charge in [-0.3, -0.25) is 9.80 Å². The molecule has 0 aromatic heterocycles. The van der Waals surface area contributed by atoms with Crippen LogP contribution in [0.3, 0.4) is 0 Å². The van der Waals surface area contributed by atoms with E-state index in [1.54, 1.807) is 0 Å². The molecular formula is C20H28N2O4. The summed E-state index contributed by atoms with van der Waals surface area (Å²) >= 11 is 0. The van der Waals surface area contributed by atoms with Crippen LogP contribution in [0.1, 0.15) is 11.1 Å². The molecule has 4 aliphatic heterocycles. The zero-order chi connectivity index (χ0) is 17.3. The first-order valence-electron chi connectivity index (χ1n) is 9.79. The Morgan fingerprint density at radius 2 is 1.00 bits per heavy atom. The van der Waals surface area contributed by atoms with Gasteiger partial charge in [0.25, 0.3) is 0 Å². The van der Waals surface area contributed by atoms with Crippen molar-refractivity contribution >= 4 is 0 Å².